The molecule has 1 aromatic heterocycles. The van der Waals surface area contributed by atoms with Gasteiger partial charge in [0.2, 0.25) is 0 Å². The summed E-state index contributed by atoms with van der Waals surface area (Å²) in [6, 6.07) is 0. The molecule has 2 N–H and O–H groups in total. The molecule has 0 spiro atoms. The second kappa shape index (κ2) is 10.3. The minimum absolute atomic E-state index is 0.454. The van der Waals surface area contributed by atoms with Crippen molar-refractivity contribution in [1.29, 1.82) is 0 Å². The summed E-state index contributed by atoms with van der Waals surface area (Å²) in [5, 5.41) is 15.8. The molecule has 158 valence electrons. The van der Waals surface area contributed by atoms with Gasteiger partial charge < -0.3 is 15.2 Å². The molecular formula is C22H40N6. The first kappa shape index (κ1) is 21.1. The quantitative estimate of drug-likeness (QED) is 0.384. The maximum Gasteiger partial charge on any atom is 0.191 e. The molecule has 1 aliphatic carbocycles. The van der Waals surface area contributed by atoms with Crippen LogP contribution >= 0.6 is 0 Å². The topological polar surface area (TPSA) is 67.1 Å². The fraction of sp³-hybridized carbons (Fsp3) is 0.864. The Balaban J connectivity index is 1.47. The van der Waals surface area contributed by atoms with Gasteiger partial charge >= 0.3 is 0 Å². The highest BCUT2D eigenvalue weighted by Crippen LogP contribution is 2.46. The van der Waals surface area contributed by atoms with E-state index in [1.807, 2.05) is 0 Å². The van der Waals surface area contributed by atoms with Gasteiger partial charge in [-0.05, 0) is 56.8 Å². The molecule has 0 saturated heterocycles. The van der Waals surface area contributed by atoms with Gasteiger partial charge in [-0.1, -0.05) is 26.7 Å². The van der Waals surface area contributed by atoms with E-state index in [2.05, 4.69) is 46.2 Å². The predicted molar refractivity (Wildman–Crippen MR) is 116 cm³/mol. The fourth-order valence-electron chi connectivity index (χ4n) is 4.74. The van der Waals surface area contributed by atoms with Crippen LogP contribution in [0.4, 0.5) is 0 Å². The van der Waals surface area contributed by atoms with Crippen LogP contribution in [-0.4, -0.2) is 40.4 Å². The Labute approximate surface area is 171 Å². The van der Waals surface area contributed by atoms with E-state index < -0.39 is 0 Å². The maximum absolute atomic E-state index is 4.94. The molecule has 1 saturated carbocycles. The van der Waals surface area contributed by atoms with Gasteiger partial charge in [0.05, 0.1) is 0 Å². The van der Waals surface area contributed by atoms with Gasteiger partial charge in [0, 0.05) is 39.0 Å². The SMILES string of the molecule is CCNC(=NCC1(CC(C)C)CCC1)NCCCc1nnc2n1CCCCC2. The molecule has 0 aromatic carbocycles. The predicted octanol–water partition coefficient (Wildman–Crippen LogP) is 3.71. The third-order valence-corrected chi connectivity index (χ3v) is 6.23. The van der Waals surface area contributed by atoms with E-state index in [-0.39, 0.29) is 0 Å². The van der Waals surface area contributed by atoms with E-state index in [4.69, 9.17) is 4.99 Å². The van der Waals surface area contributed by atoms with Crippen molar-refractivity contribution in [1.82, 2.24) is 25.4 Å². The van der Waals surface area contributed by atoms with Gasteiger partial charge in [0.15, 0.2) is 5.96 Å². The summed E-state index contributed by atoms with van der Waals surface area (Å²) in [6.45, 7) is 10.7. The van der Waals surface area contributed by atoms with Crippen molar-refractivity contribution in [3.8, 4) is 0 Å². The molecule has 3 rings (SSSR count). The number of aryl methyl sites for hydroxylation is 2. The molecule has 1 aromatic rings. The largest absolute Gasteiger partial charge is 0.357 e. The monoisotopic (exact) mass is 388 g/mol. The number of aromatic nitrogens is 3. The molecule has 1 aliphatic heterocycles. The average molecular weight is 389 g/mol. The molecule has 6 nitrogen and oxygen atoms in total. The van der Waals surface area contributed by atoms with Crippen molar-refractivity contribution in [2.24, 2.45) is 16.3 Å². The van der Waals surface area contributed by atoms with Gasteiger partial charge in [-0.3, -0.25) is 4.99 Å². The van der Waals surface area contributed by atoms with Crippen LogP contribution < -0.4 is 10.6 Å². The summed E-state index contributed by atoms with van der Waals surface area (Å²) >= 11 is 0. The molecule has 0 bridgehead atoms. The molecule has 1 fully saturated rings. The average Bonchev–Trinajstić information content (AvgIpc) is 2.86. The molecule has 6 heteroatoms. The van der Waals surface area contributed by atoms with Gasteiger partial charge in [0.25, 0.3) is 0 Å². The first-order valence-electron chi connectivity index (χ1n) is 11.5. The van der Waals surface area contributed by atoms with Gasteiger partial charge in [-0.25, -0.2) is 0 Å². The van der Waals surface area contributed by atoms with Crippen LogP contribution in [-0.2, 0) is 19.4 Å². The van der Waals surface area contributed by atoms with Crippen LogP contribution in [0.25, 0.3) is 0 Å². The number of aliphatic imine (C=N–C) groups is 1. The zero-order chi connectivity index (χ0) is 19.8. The van der Waals surface area contributed by atoms with Crippen LogP contribution in [0.2, 0.25) is 0 Å². The highest BCUT2D eigenvalue weighted by molar-refractivity contribution is 5.79. The first-order chi connectivity index (χ1) is 13.6. The lowest BCUT2D eigenvalue weighted by Gasteiger charge is -2.42. The highest BCUT2D eigenvalue weighted by Gasteiger charge is 2.37. The van der Waals surface area contributed by atoms with Crippen molar-refractivity contribution in [3.05, 3.63) is 11.6 Å². The molecular weight excluding hydrogens is 348 g/mol. The molecule has 0 radical (unpaired) electrons. The van der Waals surface area contributed by atoms with Crippen LogP contribution in [0.1, 0.15) is 83.8 Å². The maximum atomic E-state index is 4.94. The fourth-order valence-corrected chi connectivity index (χ4v) is 4.74. The van der Waals surface area contributed by atoms with Gasteiger partial charge in [-0.15, -0.1) is 10.2 Å². The standard InChI is InChI=1S/C22H40N6/c1-4-23-21(25-17-22(12-9-13-22)16-18(2)3)24-14-8-11-20-27-26-19-10-6-5-7-15-28(19)20/h18H,4-17H2,1-3H3,(H2,23,24,25). The lowest BCUT2D eigenvalue weighted by atomic mass is 9.64. The third kappa shape index (κ3) is 5.71. The van der Waals surface area contributed by atoms with Gasteiger partial charge in [-0.2, -0.15) is 0 Å². The van der Waals surface area contributed by atoms with Crippen molar-refractivity contribution in [2.75, 3.05) is 19.6 Å². The lowest BCUT2D eigenvalue weighted by molar-refractivity contribution is 0.111. The molecule has 28 heavy (non-hydrogen) atoms. The van der Waals surface area contributed by atoms with Crippen LogP contribution in [0.3, 0.4) is 0 Å². The molecule has 0 unspecified atom stereocenters. The Bertz CT molecular complexity index is 629. The number of rotatable bonds is 9. The lowest BCUT2D eigenvalue weighted by Crippen LogP contribution is -2.40. The third-order valence-electron chi connectivity index (χ3n) is 6.23. The van der Waals surface area contributed by atoms with Crippen molar-refractivity contribution in [3.63, 3.8) is 0 Å². The van der Waals surface area contributed by atoms with Gasteiger partial charge in [0.1, 0.15) is 11.6 Å². The highest BCUT2D eigenvalue weighted by atomic mass is 15.3. The Morgan fingerprint density at radius 2 is 2.00 bits per heavy atom. The van der Waals surface area contributed by atoms with E-state index in [0.29, 0.717) is 5.41 Å². The smallest absolute Gasteiger partial charge is 0.191 e. The Morgan fingerprint density at radius 1 is 1.14 bits per heavy atom. The minimum Gasteiger partial charge on any atom is -0.357 e. The summed E-state index contributed by atoms with van der Waals surface area (Å²) in [6.07, 6.45) is 12.3. The number of hydrogen-bond acceptors (Lipinski definition) is 3. The molecule has 2 heterocycles. The number of nitrogens with one attached hydrogen (secondary N) is 2. The van der Waals surface area contributed by atoms with Crippen molar-refractivity contribution < 1.29 is 0 Å². The van der Waals surface area contributed by atoms with Crippen LogP contribution in [0.15, 0.2) is 4.99 Å². The first-order valence-corrected chi connectivity index (χ1v) is 11.5. The van der Waals surface area contributed by atoms with E-state index >= 15 is 0 Å². The number of guanidine groups is 1. The molecule has 0 amide bonds. The van der Waals surface area contributed by atoms with E-state index in [9.17, 15) is 0 Å². The summed E-state index contributed by atoms with van der Waals surface area (Å²) in [5.74, 6) is 4.07. The Hall–Kier alpha value is -1.59. The summed E-state index contributed by atoms with van der Waals surface area (Å²) in [7, 11) is 0. The zero-order valence-electron chi connectivity index (χ0n) is 18.3. The number of nitrogens with zero attached hydrogens (tertiary/aromatic N) is 4. The number of hydrogen-bond donors (Lipinski definition) is 2. The van der Waals surface area contributed by atoms with E-state index in [0.717, 1.165) is 63.1 Å². The molecule has 0 atom stereocenters. The van der Waals surface area contributed by atoms with E-state index in [1.54, 1.807) is 0 Å². The van der Waals surface area contributed by atoms with Crippen LogP contribution in [0.5, 0.6) is 0 Å². The van der Waals surface area contributed by atoms with Crippen LogP contribution in [0, 0.1) is 11.3 Å². The second-order valence-corrected chi connectivity index (χ2v) is 9.17. The zero-order valence-corrected chi connectivity index (χ0v) is 18.3. The van der Waals surface area contributed by atoms with E-state index in [1.165, 1.54) is 50.8 Å². The minimum atomic E-state index is 0.454. The number of fused-ring (bicyclic) bond motifs is 1. The van der Waals surface area contributed by atoms with Crippen molar-refractivity contribution >= 4 is 5.96 Å². The second-order valence-electron chi connectivity index (χ2n) is 9.17. The normalized spacial score (nSPS) is 19.1. The molecule has 2 aliphatic rings. The van der Waals surface area contributed by atoms with Crippen molar-refractivity contribution in [2.45, 2.75) is 91.5 Å². The Kier molecular flexibility index (Phi) is 7.74. The summed E-state index contributed by atoms with van der Waals surface area (Å²) < 4.78 is 2.36. The summed E-state index contributed by atoms with van der Waals surface area (Å²) in [5.41, 5.74) is 0.454. The Morgan fingerprint density at radius 3 is 2.71 bits per heavy atom. The summed E-state index contributed by atoms with van der Waals surface area (Å²) in [4.78, 5) is 4.94.